The van der Waals surface area contributed by atoms with E-state index in [4.69, 9.17) is 9.15 Å². The zero-order valence-electron chi connectivity index (χ0n) is 17.1. The molecule has 0 bridgehead atoms. The summed E-state index contributed by atoms with van der Waals surface area (Å²) in [5.74, 6) is -1.08. The Hall–Kier alpha value is -2.83. The highest BCUT2D eigenvalue weighted by molar-refractivity contribution is 5.87. The van der Waals surface area contributed by atoms with Crippen LogP contribution in [0.2, 0.25) is 0 Å². The number of ether oxygens (including phenoxy) is 1. The number of aliphatic carboxylic acids is 1. The second-order valence-corrected chi connectivity index (χ2v) is 7.49. The summed E-state index contributed by atoms with van der Waals surface area (Å²) >= 11 is 0. The van der Waals surface area contributed by atoms with Crippen molar-refractivity contribution in [2.75, 3.05) is 0 Å². The number of carbonyl (C=O) groups excluding carboxylic acids is 1. The lowest BCUT2D eigenvalue weighted by Gasteiger charge is -2.21. The number of carboxylic acids is 1. The molecule has 7 heteroatoms. The number of carboxylic acid groups (broad SMARTS) is 1. The van der Waals surface area contributed by atoms with Crippen LogP contribution in [0.3, 0.4) is 0 Å². The van der Waals surface area contributed by atoms with E-state index in [0.29, 0.717) is 28.9 Å². The number of benzene rings is 1. The van der Waals surface area contributed by atoms with Crippen molar-refractivity contribution in [2.24, 2.45) is 5.92 Å². The van der Waals surface area contributed by atoms with E-state index in [1.54, 1.807) is 32.9 Å². The zero-order valence-corrected chi connectivity index (χ0v) is 17.1. The minimum Gasteiger partial charge on any atom is -0.480 e. The summed E-state index contributed by atoms with van der Waals surface area (Å²) in [6, 6.07) is 2.53. The molecule has 1 aromatic carbocycles. The minimum atomic E-state index is -1.08. The van der Waals surface area contributed by atoms with Crippen molar-refractivity contribution in [3.05, 3.63) is 39.2 Å². The molecule has 0 radical (unpaired) electrons. The maximum Gasteiger partial charge on any atom is 0.339 e. The average Bonchev–Trinajstić information content (AvgIpc) is 2.61. The highest BCUT2D eigenvalue weighted by atomic mass is 16.5. The molecule has 0 aliphatic heterocycles. The summed E-state index contributed by atoms with van der Waals surface area (Å²) in [5, 5.41) is 12.6. The van der Waals surface area contributed by atoms with Crippen molar-refractivity contribution in [1.82, 2.24) is 5.32 Å². The van der Waals surface area contributed by atoms with E-state index in [-0.39, 0.29) is 5.92 Å². The molecular weight excluding hydrogens is 362 g/mol. The van der Waals surface area contributed by atoms with Crippen LogP contribution in [-0.4, -0.2) is 29.1 Å². The lowest BCUT2D eigenvalue weighted by Crippen LogP contribution is -2.46. The lowest BCUT2D eigenvalue weighted by atomic mass is 10.0. The third kappa shape index (κ3) is 4.52. The average molecular weight is 389 g/mol. The van der Waals surface area contributed by atoms with E-state index in [1.165, 1.54) is 0 Å². The Balaban J connectivity index is 2.25. The van der Waals surface area contributed by atoms with Gasteiger partial charge in [0, 0.05) is 16.5 Å². The Bertz CT molecular complexity index is 960. The first kappa shape index (κ1) is 21.5. The van der Waals surface area contributed by atoms with Crippen molar-refractivity contribution < 1.29 is 23.8 Å². The van der Waals surface area contributed by atoms with Gasteiger partial charge in [-0.2, -0.15) is 0 Å². The fourth-order valence-electron chi connectivity index (χ4n) is 2.98. The van der Waals surface area contributed by atoms with Gasteiger partial charge in [0.1, 0.15) is 17.4 Å². The minimum absolute atomic E-state index is 0.120. The van der Waals surface area contributed by atoms with Crippen LogP contribution >= 0.6 is 0 Å². The van der Waals surface area contributed by atoms with Crippen LogP contribution in [0.1, 0.15) is 43.9 Å². The molecule has 2 rings (SSSR count). The van der Waals surface area contributed by atoms with Crippen molar-refractivity contribution in [2.45, 2.75) is 60.1 Å². The summed E-state index contributed by atoms with van der Waals surface area (Å²) < 4.78 is 11.2. The van der Waals surface area contributed by atoms with Crippen LogP contribution in [0.25, 0.3) is 11.0 Å². The van der Waals surface area contributed by atoms with Gasteiger partial charge in [-0.25, -0.2) is 9.59 Å². The smallest absolute Gasteiger partial charge is 0.339 e. The summed E-state index contributed by atoms with van der Waals surface area (Å²) in [5.41, 5.74) is 2.01. The first-order chi connectivity index (χ1) is 13.0. The highest BCUT2D eigenvalue weighted by Gasteiger charge is 2.25. The van der Waals surface area contributed by atoms with E-state index in [9.17, 15) is 19.5 Å². The molecule has 0 spiro atoms. The molecule has 2 atom stereocenters. The molecule has 0 saturated carbocycles. The zero-order chi connectivity index (χ0) is 21.2. The molecule has 2 N–H and O–H groups in total. The van der Waals surface area contributed by atoms with Crippen molar-refractivity contribution in [3.8, 4) is 5.75 Å². The van der Waals surface area contributed by atoms with Gasteiger partial charge in [0.2, 0.25) is 0 Å². The van der Waals surface area contributed by atoms with E-state index in [0.717, 1.165) is 10.9 Å². The fourth-order valence-corrected chi connectivity index (χ4v) is 2.98. The molecule has 1 amide bonds. The van der Waals surface area contributed by atoms with Gasteiger partial charge in [0.15, 0.2) is 6.10 Å². The molecule has 0 aliphatic carbocycles. The van der Waals surface area contributed by atoms with Crippen LogP contribution in [0, 0.1) is 26.7 Å². The third-order valence-corrected chi connectivity index (χ3v) is 4.82. The Labute approximate surface area is 163 Å². The van der Waals surface area contributed by atoms with Crippen LogP contribution in [0.15, 0.2) is 21.3 Å². The summed E-state index contributed by atoms with van der Waals surface area (Å²) in [7, 11) is 0. The number of aryl methyl sites for hydroxylation is 2. The second-order valence-electron chi connectivity index (χ2n) is 7.49. The Morgan fingerprint density at radius 1 is 1.11 bits per heavy atom. The highest BCUT2D eigenvalue weighted by Crippen LogP contribution is 2.29. The van der Waals surface area contributed by atoms with Gasteiger partial charge in [-0.05, 0) is 57.7 Å². The molecular formula is C21H27NO6. The lowest BCUT2D eigenvalue weighted by molar-refractivity contribution is -0.143. The molecule has 0 unspecified atom stereocenters. The summed E-state index contributed by atoms with van der Waals surface area (Å²) in [6.45, 7) is 10.6. The number of hydrogen-bond donors (Lipinski definition) is 2. The van der Waals surface area contributed by atoms with Gasteiger partial charge >= 0.3 is 11.6 Å². The van der Waals surface area contributed by atoms with Crippen LogP contribution in [-0.2, 0) is 9.59 Å². The monoisotopic (exact) mass is 389 g/mol. The van der Waals surface area contributed by atoms with Crippen molar-refractivity contribution in [3.63, 3.8) is 0 Å². The summed E-state index contributed by atoms with van der Waals surface area (Å²) in [4.78, 5) is 35.7. The van der Waals surface area contributed by atoms with Crippen LogP contribution in [0.5, 0.6) is 5.75 Å². The standard InChI is InChI=1S/C21H27NO6/c1-10(2)9-16(20(24)25)22-19(23)14(6)27-17-8-7-15-11(3)12(4)21(26)28-18(15)13(17)5/h7-8,10,14,16H,9H2,1-6H3,(H,22,23)(H,24,25)/t14-,16-/m1/s1. The van der Waals surface area contributed by atoms with E-state index < -0.39 is 29.6 Å². The maximum absolute atomic E-state index is 12.4. The number of hydrogen-bond acceptors (Lipinski definition) is 5. The Morgan fingerprint density at radius 3 is 2.32 bits per heavy atom. The second kappa shape index (κ2) is 8.46. The largest absolute Gasteiger partial charge is 0.480 e. The first-order valence-corrected chi connectivity index (χ1v) is 9.26. The molecule has 0 aliphatic rings. The molecule has 7 nitrogen and oxygen atoms in total. The third-order valence-electron chi connectivity index (χ3n) is 4.82. The van der Waals surface area contributed by atoms with Crippen LogP contribution < -0.4 is 15.7 Å². The predicted molar refractivity (Wildman–Crippen MR) is 106 cm³/mol. The van der Waals surface area contributed by atoms with Gasteiger partial charge in [-0.15, -0.1) is 0 Å². The molecule has 28 heavy (non-hydrogen) atoms. The first-order valence-electron chi connectivity index (χ1n) is 9.26. The SMILES string of the molecule is Cc1c(C)c2ccc(O[C@H](C)C(=O)N[C@H](CC(C)C)C(=O)O)c(C)c2oc1=O. The molecule has 0 saturated heterocycles. The van der Waals surface area contributed by atoms with Gasteiger partial charge in [-0.1, -0.05) is 13.8 Å². The summed E-state index contributed by atoms with van der Waals surface area (Å²) in [6.07, 6.45) is -0.588. The van der Waals surface area contributed by atoms with Gasteiger partial charge in [0.05, 0.1) is 0 Å². The quantitative estimate of drug-likeness (QED) is 0.705. The Kier molecular flexibility index (Phi) is 6.48. The van der Waals surface area contributed by atoms with Gasteiger partial charge in [-0.3, -0.25) is 4.79 Å². The molecule has 152 valence electrons. The van der Waals surface area contributed by atoms with E-state index in [1.807, 2.05) is 20.8 Å². The van der Waals surface area contributed by atoms with Gasteiger partial charge in [0.25, 0.3) is 5.91 Å². The number of carbonyl (C=O) groups is 2. The molecule has 0 fully saturated rings. The van der Waals surface area contributed by atoms with Crippen molar-refractivity contribution in [1.29, 1.82) is 0 Å². The van der Waals surface area contributed by atoms with E-state index >= 15 is 0 Å². The number of nitrogens with one attached hydrogen (secondary N) is 1. The fraction of sp³-hybridized carbons (Fsp3) is 0.476. The van der Waals surface area contributed by atoms with Crippen molar-refractivity contribution >= 4 is 22.8 Å². The molecule has 1 heterocycles. The maximum atomic E-state index is 12.4. The number of fused-ring (bicyclic) bond motifs is 1. The van der Waals surface area contributed by atoms with Gasteiger partial charge < -0.3 is 19.6 Å². The van der Waals surface area contributed by atoms with E-state index in [2.05, 4.69) is 5.32 Å². The number of rotatable bonds is 7. The molecule has 1 aromatic heterocycles. The van der Waals surface area contributed by atoms with Crippen LogP contribution in [0.4, 0.5) is 0 Å². The molecule has 2 aromatic rings. The Morgan fingerprint density at radius 2 is 1.75 bits per heavy atom. The predicted octanol–water partition coefficient (Wildman–Crippen LogP) is 3.10. The number of amides is 1. The normalized spacial score (nSPS) is 13.4. The topological polar surface area (TPSA) is 106 Å².